The maximum Gasteiger partial charge on any atom is 0.357 e. The molecule has 0 saturated heterocycles. The van der Waals surface area contributed by atoms with Gasteiger partial charge in [0.25, 0.3) is 0 Å². The first-order valence-electron chi connectivity index (χ1n) is 30.7. The molecule has 0 spiro atoms. The summed E-state index contributed by atoms with van der Waals surface area (Å²) in [5.41, 5.74) is 6.82. The predicted molar refractivity (Wildman–Crippen MR) is 347 cm³/mol. The number of hydrogen-bond donors (Lipinski definition) is 0. The van der Waals surface area contributed by atoms with Crippen LogP contribution in [0.5, 0.6) is 23.0 Å². The summed E-state index contributed by atoms with van der Waals surface area (Å²) in [4.78, 5) is 33.0. The van der Waals surface area contributed by atoms with E-state index in [1.807, 2.05) is 0 Å². The topological polar surface area (TPSA) is 178 Å². The Kier molecular flexibility index (Phi) is 30.5. The van der Waals surface area contributed by atoms with Gasteiger partial charge < -0.3 is 56.8 Å². The quantitative estimate of drug-likeness (QED) is 0.0488. The largest absolute Gasteiger partial charge is 0.491 e. The van der Waals surface area contributed by atoms with Gasteiger partial charge >= 0.3 is 77.9 Å². The summed E-state index contributed by atoms with van der Waals surface area (Å²) in [5, 5.41) is 0. The van der Waals surface area contributed by atoms with Crippen LogP contribution in [0.2, 0.25) is 0 Å². The number of pyridine rings is 4. The molecular weight excluding hydrogens is 1390 g/mol. The fourth-order valence-electron chi connectivity index (χ4n) is 8.28. The smallest absolute Gasteiger partial charge is 0.357 e. The van der Waals surface area contributed by atoms with Gasteiger partial charge in [0, 0.05) is 59.9 Å². The molecule has 0 amide bonds. The van der Waals surface area contributed by atoms with E-state index in [0.29, 0.717) is 113 Å². The second kappa shape index (κ2) is 38.1. The molecule has 4 bridgehead atoms. The zero-order valence-electron chi connectivity index (χ0n) is 53.7. The number of carbonyl (C=O) groups is 2. The standard InChI is InChI=1S/C42H50N2O14.C26H24N2.2F6P/c45-41(39-5-1-3-7-43-39)57-31-33-25-35-29-36(26-33)54-22-18-50-14-10-48-12-16-52-20-24-56-38-28-34(32-58-42(46)40-6-2-4-8-44-40)27-37(30-38)55-23-19-51-15-11-47-9-13-49-17-21-53-35;1-3-7-25(8-4-1)21-27-17-13-23(14-18-27)11-12-24-15-19-28(20-16-24)22-26-9-5-2-6-10-26;2*1-7(2,3,4,5)6/h1-8,25-30H,9-24,31-32H2;1-20H,21-22H2;;/q;+2;2*-1/b;12-11+;;. The minimum absolute atomic E-state index is 0.000664. The van der Waals surface area contributed by atoms with E-state index < -0.39 is 27.6 Å². The zero-order chi connectivity index (χ0) is 72.1. The van der Waals surface area contributed by atoms with Gasteiger partial charge in [0.2, 0.25) is 0 Å². The number of halogens is 12. The molecule has 32 heteroatoms. The summed E-state index contributed by atoms with van der Waals surface area (Å²) in [7, 11) is -21.3. The molecule has 0 unspecified atom stereocenters. The summed E-state index contributed by atoms with van der Waals surface area (Å²) in [6.07, 6.45) is 15.9. The van der Waals surface area contributed by atoms with Gasteiger partial charge in [0.05, 0.1) is 79.3 Å². The Morgan fingerprint density at radius 1 is 0.350 bits per heavy atom. The summed E-state index contributed by atoms with van der Waals surface area (Å²) in [6, 6.07) is 50.3. The Morgan fingerprint density at radius 2 is 0.610 bits per heavy atom. The average Bonchev–Trinajstić information content (AvgIpc) is 0.797. The van der Waals surface area contributed by atoms with Gasteiger partial charge in [-0.25, -0.2) is 28.7 Å². The van der Waals surface area contributed by atoms with Crippen LogP contribution >= 0.6 is 15.6 Å². The maximum absolute atomic E-state index is 12.5. The normalized spacial score (nSPS) is 15.8. The summed E-state index contributed by atoms with van der Waals surface area (Å²) < 4.78 is 191. The van der Waals surface area contributed by atoms with Gasteiger partial charge in [-0.05, 0) is 70.8 Å². The van der Waals surface area contributed by atoms with Crippen molar-refractivity contribution < 1.29 is 126 Å². The Bertz CT molecular complexity index is 3410. The van der Waals surface area contributed by atoms with Crippen LogP contribution in [0.4, 0.5) is 50.4 Å². The first-order chi connectivity index (χ1) is 47.4. The monoisotopic (exact) mass is 1460 g/mol. The molecule has 0 aliphatic carbocycles. The molecule has 0 fully saturated rings. The number of rotatable bonds is 12. The Hall–Kier alpha value is -8.86. The molecule has 0 atom stereocenters. The molecule has 1 aliphatic heterocycles. The number of fused-ring (bicyclic) bond motifs is 4. The van der Waals surface area contributed by atoms with Crippen LogP contribution in [0.25, 0.3) is 12.2 Å². The van der Waals surface area contributed by atoms with Gasteiger partial charge in [-0.2, -0.15) is 0 Å². The number of benzene rings is 4. The van der Waals surface area contributed by atoms with E-state index in [4.69, 9.17) is 56.8 Å². The minimum Gasteiger partial charge on any atom is -0.491 e. The third-order valence-electron chi connectivity index (χ3n) is 12.6. The molecule has 5 heterocycles. The Labute approximate surface area is 568 Å². The third kappa shape index (κ3) is 40.9. The summed E-state index contributed by atoms with van der Waals surface area (Å²) in [5.74, 6) is 1.07. The van der Waals surface area contributed by atoms with Crippen LogP contribution in [0.15, 0.2) is 195 Å². The summed E-state index contributed by atoms with van der Waals surface area (Å²) in [6.45, 7) is 7.25. The van der Waals surface area contributed by atoms with Gasteiger partial charge in [-0.15, -0.1) is 0 Å². The van der Waals surface area contributed by atoms with E-state index in [9.17, 15) is 60.0 Å². The number of nitrogens with zero attached hydrogens (tertiary/aromatic N) is 4. The molecule has 100 heavy (non-hydrogen) atoms. The van der Waals surface area contributed by atoms with Crippen molar-refractivity contribution >= 4 is 39.7 Å². The molecule has 9 rings (SSSR count). The molecular formula is C68H74F12N4O14P2. The number of ether oxygens (including phenoxy) is 12. The molecule has 4 aromatic carbocycles. The number of hydrogen-bond acceptors (Lipinski definition) is 16. The molecule has 1 aliphatic rings. The first-order valence-corrected chi connectivity index (χ1v) is 34.7. The SMILES string of the molecule is C(=C\c1cc[n+](Cc2ccccc2)cc1)/c1cc[n+](Cc2ccccc2)cc1.F[P-](F)(F)(F)(F)F.F[P-](F)(F)(F)(F)F.O=C(OCc1cc2cc(c1)OCCOCCOCCOCCOc1cc(COC(=O)c3ccccn3)cc(c1)OCCOCCOCCOCCO2)c1ccccn1. The molecule has 4 aromatic heterocycles. The van der Waals surface area contributed by atoms with Crippen LogP contribution in [0, 0.1) is 0 Å². The third-order valence-corrected chi connectivity index (χ3v) is 12.6. The Balaban J connectivity index is 0.000000305. The molecule has 0 radical (unpaired) electrons. The second-order valence-electron chi connectivity index (χ2n) is 21.1. The number of carbonyl (C=O) groups excluding carboxylic acids is 2. The van der Waals surface area contributed by atoms with Crippen molar-refractivity contribution in [2.24, 2.45) is 0 Å². The zero-order valence-corrected chi connectivity index (χ0v) is 55.5. The molecule has 18 nitrogen and oxygen atoms in total. The van der Waals surface area contributed by atoms with Crippen molar-refractivity contribution in [1.82, 2.24) is 9.97 Å². The molecule has 0 saturated carbocycles. The predicted octanol–water partition coefficient (Wildman–Crippen LogP) is 15.8. The average molecular weight is 1460 g/mol. The van der Waals surface area contributed by atoms with Crippen LogP contribution in [0.3, 0.4) is 0 Å². The van der Waals surface area contributed by atoms with Crippen molar-refractivity contribution in [3.8, 4) is 23.0 Å². The van der Waals surface area contributed by atoms with Crippen molar-refractivity contribution in [1.29, 1.82) is 0 Å². The molecule has 8 aromatic rings. The summed E-state index contributed by atoms with van der Waals surface area (Å²) >= 11 is 0. The van der Waals surface area contributed by atoms with Crippen molar-refractivity contribution in [2.45, 2.75) is 26.3 Å². The van der Waals surface area contributed by atoms with Gasteiger partial charge in [0.1, 0.15) is 74.0 Å². The van der Waals surface area contributed by atoms with E-state index in [2.05, 4.69) is 141 Å². The van der Waals surface area contributed by atoms with Gasteiger partial charge in [0.15, 0.2) is 37.9 Å². The maximum atomic E-state index is 12.5. The van der Waals surface area contributed by atoms with Gasteiger partial charge in [-0.1, -0.05) is 84.9 Å². The molecule has 0 N–H and O–H groups in total. The van der Waals surface area contributed by atoms with Crippen molar-refractivity contribution in [2.75, 3.05) is 106 Å². The fourth-order valence-corrected chi connectivity index (χ4v) is 8.28. The Morgan fingerprint density at radius 3 is 0.870 bits per heavy atom. The van der Waals surface area contributed by atoms with Crippen LogP contribution < -0.4 is 28.1 Å². The number of aromatic nitrogens is 4. The number of esters is 2. The fraction of sp³-hybridized carbons (Fsp3) is 0.294. The van der Waals surface area contributed by atoms with E-state index >= 15 is 0 Å². The minimum atomic E-state index is -10.7. The van der Waals surface area contributed by atoms with Gasteiger partial charge in [-0.3, -0.25) is 0 Å². The van der Waals surface area contributed by atoms with Crippen molar-refractivity contribution in [3.05, 3.63) is 240 Å². The van der Waals surface area contributed by atoms with Crippen LogP contribution in [-0.4, -0.2) is 128 Å². The molecule has 544 valence electrons. The van der Waals surface area contributed by atoms with Crippen LogP contribution in [-0.2, 0) is 64.2 Å². The first kappa shape index (κ1) is 80.1. The van der Waals surface area contributed by atoms with Crippen LogP contribution in [0.1, 0.15) is 54.4 Å². The van der Waals surface area contributed by atoms with E-state index in [-0.39, 0.29) is 51.0 Å². The second-order valence-corrected chi connectivity index (χ2v) is 24.9. The van der Waals surface area contributed by atoms with E-state index in [0.717, 1.165) is 13.1 Å². The van der Waals surface area contributed by atoms with E-state index in [1.165, 1.54) is 34.6 Å². The van der Waals surface area contributed by atoms with E-state index in [1.54, 1.807) is 72.8 Å². The van der Waals surface area contributed by atoms with Crippen molar-refractivity contribution in [3.63, 3.8) is 0 Å².